The number of rotatable bonds is 1. The van der Waals surface area contributed by atoms with Gasteiger partial charge in [0.15, 0.2) is 6.61 Å². The maximum absolute atomic E-state index is 13.1. The molecule has 2 heterocycles. The van der Waals surface area contributed by atoms with Crippen molar-refractivity contribution >= 4 is 17.5 Å². The second-order valence-electron chi connectivity index (χ2n) is 7.89. The van der Waals surface area contributed by atoms with Crippen molar-refractivity contribution in [3.63, 3.8) is 0 Å². The number of hydrogen-bond donors (Lipinski definition) is 1. The molecule has 1 saturated heterocycles. The van der Waals surface area contributed by atoms with Gasteiger partial charge >= 0.3 is 0 Å². The van der Waals surface area contributed by atoms with Gasteiger partial charge in [-0.2, -0.15) is 0 Å². The fourth-order valence-electron chi connectivity index (χ4n) is 4.75. The van der Waals surface area contributed by atoms with Gasteiger partial charge in [-0.1, -0.05) is 26.2 Å². The van der Waals surface area contributed by atoms with E-state index in [4.69, 9.17) is 4.74 Å². The van der Waals surface area contributed by atoms with Crippen molar-refractivity contribution in [1.82, 2.24) is 4.90 Å². The molecule has 1 unspecified atom stereocenters. The van der Waals surface area contributed by atoms with Crippen LogP contribution in [-0.4, -0.2) is 36.4 Å². The van der Waals surface area contributed by atoms with E-state index >= 15 is 0 Å². The molecule has 1 N–H and O–H groups in total. The number of nitrogens with zero attached hydrogens (tertiary/aromatic N) is 1. The first-order valence-electron chi connectivity index (χ1n) is 9.43. The van der Waals surface area contributed by atoms with Gasteiger partial charge in [-0.05, 0) is 48.8 Å². The van der Waals surface area contributed by atoms with E-state index < -0.39 is 0 Å². The number of amides is 2. The molecule has 2 amide bonds. The minimum Gasteiger partial charge on any atom is -0.482 e. The van der Waals surface area contributed by atoms with Gasteiger partial charge in [0.2, 0.25) is 0 Å². The van der Waals surface area contributed by atoms with Crippen LogP contribution in [0, 0.1) is 11.3 Å². The topological polar surface area (TPSA) is 58.6 Å². The zero-order valence-corrected chi connectivity index (χ0v) is 14.8. The first-order valence-corrected chi connectivity index (χ1v) is 9.43. The largest absolute Gasteiger partial charge is 0.482 e. The Bertz CT molecular complexity index is 694. The number of carbonyl (C=O) groups excluding carboxylic acids is 2. The van der Waals surface area contributed by atoms with Crippen molar-refractivity contribution in [2.45, 2.75) is 45.4 Å². The van der Waals surface area contributed by atoms with Crippen LogP contribution in [0.15, 0.2) is 18.2 Å². The van der Waals surface area contributed by atoms with Crippen molar-refractivity contribution in [2.75, 3.05) is 25.0 Å². The van der Waals surface area contributed by atoms with E-state index in [1.165, 1.54) is 32.1 Å². The van der Waals surface area contributed by atoms with Gasteiger partial charge in [0.25, 0.3) is 11.8 Å². The Balaban J connectivity index is 1.54. The Morgan fingerprint density at radius 3 is 2.88 bits per heavy atom. The quantitative estimate of drug-likeness (QED) is 0.850. The lowest BCUT2D eigenvalue weighted by Gasteiger charge is -2.49. The fourth-order valence-corrected chi connectivity index (χ4v) is 4.75. The lowest BCUT2D eigenvalue weighted by Crippen LogP contribution is -2.51. The highest BCUT2D eigenvalue weighted by molar-refractivity contribution is 5.99. The highest BCUT2D eigenvalue weighted by Gasteiger charge is 2.42. The zero-order chi connectivity index (χ0) is 17.4. The van der Waals surface area contributed by atoms with Gasteiger partial charge in [-0.3, -0.25) is 9.59 Å². The highest BCUT2D eigenvalue weighted by atomic mass is 16.5. The number of hydrogen-bond acceptors (Lipinski definition) is 3. The maximum Gasteiger partial charge on any atom is 0.262 e. The van der Waals surface area contributed by atoms with Crippen molar-refractivity contribution in [3.05, 3.63) is 23.8 Å². The van der Waals surface area contributed by atoms with E-state index in [-0.39, 0.29) is 18.4 Å². The minimum atomic E-state index is -0.176. The molecule has 1 aliphatic carbocycles. The second-order valence-corrected chi connectivity index (χ2v) is 7.89. The van der Waals surface area contributed by atoms with Crippen LogP contribution in [0.1, 0.15) is 55.8 Å². The molecule has 1 atom stereocenters. The number of ether oxygens (including phenoxy) is 1. The summed E-state index contributed by atoms with van der Waals surface area (Å²) in [4.78, 5) is 26.6. The average Bonchev–Trinajstić information content (AvgIpc) is 2.63. The molecule has 1 aromatic carbocycles. The van der Waals surface area contributed by atoms with Crippen molar-refractivity contribution in [1.29, 1.82) is 0 Å². The Hall–Kier alpha value is -2.04. The van der Waals surface area contributed by atoms with Gasteiger partial charge in [-0.25, -0.2) is 0 Å². The van der Waals surface area contributed by atoms with Gasteiger partial charge in [0.1, 0.15) is 5.75 Å². The lowest BCUT2D eigenvalue weighted by molar-refractivity contribution is -0.118. The normalized spacial score (nSPS) is 25.1. The summed E-state index contributed by atoms with van der Waals surface area (Å²) in [5.74, 6) is 1.21. The monoisotopic (exact) mass is 342 g/mol. The Morgan fingerprint density at radius 2 is 2.08 bits per heavy atom. The summed E-state index contributed by atoms with van der Waals surface area (Å²) < 4.78 is 5.38. The summed E-state index contributed by atoms with van der Waals surface area (Å²) in [5, 5.41) is 2.79. The smallest absolute Gasteiger partial charge is 0.262 e. The van der Waals surface area contributed by atoms with Crippen molar-refractivity contribution in [3.8, 4) is 5.75 Å². The molecule has 2 fully saturated rings. The van der Waals surface area contributed by atoms with Crippen LogP contribution < -0.4 is 10.1 Å². The Labute approximate surface area is 148 Å². The molecule has 4 rings (SSSR count). The molecule has 134 valence electrons. The minimum absolute atomic E-state index is 0.0346. The van der Waals surface area contributed by atoms with Gasteiger partial charge in [0, 0.05) is 18.7 Å². The molecule has 1 aromatic rings. The molecule has 25 heavy (non-hydrogen) atoms. The van der Waals surface area contributed by atoms with Crippen molar-refractivity contribution in [2.24, 2.45) is 11.3 Å². The molecule has 0 bridgehead atoms. The van der Waals surface area contributed by atoms with Crippen LogP contribution in [0.5, 0.6) is 5.75 Å². The first kappa shape index (κ1) is 16.4. The van der Waals surface area contributed by atoms with Crippen LogP contribution in [0.2, 0.25) is 0 Å². The van der Waals surface area contributed by atoms with Crippen LogP contribution >= 0.6 is 0 Å². The summed E-state index contributed by atoms with van der Waals surface area (Å²) >= 11 is 0. The summed E-state index contributed by atoms with van der Waals surface area (Å²) in [6, 6.07) is 5.34. The fraction of sp³-hybridized carbons (Fsp3) is 0.600. The van der Waals surface area contributed by atoms with Crippen LogP contribution in [0.25, 0.3) is 0 Å². The molecule has 1 spiro atoms. The van der Waals surface area contributed by atoms with E-state index in [9.17, 15) is 9.59 Å². The molecule has 2 aliphatic heterocycles. The summed E-state index contributed by atoms with van der Waals surface area (Å²) in [6.45, 7) is 4.08. The van der Waals surface area contributed by atoms with E-state index in [2.05, 4.69) is 12.2 Å². The summed E-state index contributed by atoms with van der Waals surface area (Å²) in [7, 11) is 0. The first-order chi connectivity index (χ1) is 12.1. The molecule has 5 heteroatoms. The van der Waals surface area contributed by atoms with Gasteiger partial charge in [0.05, 0.1) is 5.69 Å². The number of anilines is 1. The highest BCUT2D eigenvalue weighted by Crippen LogP contribution is 2.47. The predicted octanol–water partition coefficient (Wildman–Crippen LogP) is 3.45. The van der Waals surface area contributed by atoms with E-state index in [0.717, 1.165) is 19.5 Å². The third-order valence-electron chi connectivity index (χ3n) is 6.38. The van der Waals surface area contributed by atoms with E-state index in [1.807, 2.05) is 11.0 Å². The second kappa shape index (κ2) is 6.36. The number of nitrogens with one attached hydrogen (secondary N) is 1. The molecular formula is C20H26N2O3. The average molecular weight is 342 g/mol. The number of piperidine rings is 1. The number of fused-ring (bicyclic) bond motifs is 1. The molecular weight excluding hydrogens is 316 g/mol. The van der Waals surface area contributed by atoms with E-state index in [0.29, 0.717) is 28.3 Å². The number of benzene rings is 1. The van der Waals surface area contributed by atoms with Gasteiger partial charge < -0.3 is 15.0 Å². The molecule has 0 radical (unpaired) electrons. The molecule has 5 nitrogen and oxygen atoms in total. The van der Waals surface area contributed by atoms with Crippen LogP contribution in [0.4, 0.5) is 5.69 Å². The Kier molecular flexibility index (Phi) is 4.18. The lowest BCUT2D eigenvalue weighted by atomic mass is 9.63. The zero-order valence-electron chi connectivity index (χ0n) is 14.8. The SMILES string of the molecule is CC1CCN(C(=O)c2ccc3c(c2)NC(=O)CO3)CC12CCCCC2. The molecule has 1 saturated carbocycles. The van der Waals surface area contributed by atoms with E-state index in [1.54, 1.807) is 12.1 Å². The molecule has 0 aromatic heterocycles. The summed E-state index contributed by atoms with van der Waals surface area (Å²) in [6.07, 6.45) is 7.46. The predicted molar refractivity (Wildman–Crippen MR) is 95.8 cm³/mol. The third kappa shape index (κ3) is 3.00. The van der Waals surface area contributed by atoms with Gasteiger partial charge in [-0.15, -0.1) is 0 Å². The number of likely N-dealkylation sites (tertiary alicyclic amines) is 1. The van der Waals surface area contributed by atoms with Crippen molar-refractivity contribution < 1.29 is 14.3 Å². The number of carbonyl (C=O) groups is 2. The van der Waals surface area contributed by atoms with Crippen LogP contribution in [-0.2, 0) is 4.79 Å². The molecule has 3 aliphatic rings. The Morgan fingerprint density at radius 1 is 1.28 bits per heavy atom. The third-order valence-corrected chi connectivity index (χ3v) is 6.38. The maximum atomic E-state index is 13.1. The standard InChI is InChI=1S/C20H26N2O3/c1-14-7-10-22(13-20(14)8-3-2-4-9-20)19(24)15-5-6-17-16(11-15)21-18(23)12-25-17/h5-6,11,14H,2-4,7-10,12-13H2,1H3,(H,21,23). The summed E-state index contributed by atoms with van der Waals surface area (Å²) in [5.41, 5.74) is 1.53. The van der Waals surface area contributed by atoms with Crippen LogP contribution in [0.3, 0.4) is 0 Å².